The molecule has 0 heterocycles. The minimum atomic E-state index is -0.446. The lowest BCUT2D eigenvalue weighted by molar-refractivity contribution is -0.384. The van der Waals surface area contributed by atoms with Crippen molar-refractivity contribution in [3.8, 4) is 0 Å². The minimum absolute atomic E-state index is 0.0515. The van der Waals surface area contributed by atoms with Crippen molar-refractivity contribution in [2.75, 3.05) is 25.0 Å². The van der Waals surface area contributed by atoms with E-state index in [0.717, 1.165) is 5.69 Å². The van der Waals surface area contributed by atoms with Crippen molar-refractivity contribution in [3.63, 3.8) is 0 Å². The van der Waals surface area contributed by atoms with Crippen LogP contribution in [-0.4, -0.2) is 30.5 Å². The first-order valence-electron chi connectivity index (χ1n) is 6.00. The molecule has 0 spiro atoms. The predicted octanol–water partition coefficient (Wildman–Crippen LogP) is 0.718. The Labute approximate surface area is 111 Å². The molecule has 4 N–H and O–H groups in total. The fourth-order valence-corrected chi connectivity index (χ4v) is 1.37. The summed E-state index contributed by atoms with van der Waals surface area (Å²) in [5.74, 6) is -0.271. The topological polar surface area (TPSA) is 110 Å². The molecule has 7 heteroatoms. The van der Waals surface area contributed by atoms with E-state index in [2.05, 4.69) is 10.6 Å². The van der Waals surface area contributed by atoms with Crippen molar-refractivity contribution in [2.24, 2.45) is 11.7 Å². The Kier molecular flexibility index (Phi) is 5.74. The predicted molar refractivity (Wildman–Crippen MR) is 72.8 cm³/mol. The molecule has 0 aliphatic heterocycles. The fourth-order valence-electron chi connectivity index (χ4n) is 1.37. The number of non-ortho nitro benzene ring substituents is 1. The maximum atomic E-state index is 11.4. The lowest BCUT2D eigenvalue weighted by atomic mass is 10.2. The third kappa shape index (κ3) is 4.92. The average molecular weight is 266 g/mol. The van der Waals surface area contributed by atoms with E-state index in [9.17, 15) is 14.9 Å². The molecule has 0 aliphatic rings. The lowest BCUT2D eigenvalue weighted by Gasteiger charge is -2.10. The lowest BCUT2D eigenvalue weighted by Crippen LogP contribution is -2.35. The number of nitro groups is 1. The number of rotatable bonds is 7. The third-order valence-corrected chi connectivity index (χ3v) is 2.63. The highest BCUT2D eigenvalue weighted by Crippen LogP contribution is 2.14. The van der Waals surface area contributed by atoms with Gasteiger partial charge in [-0.3, -0.25) is 14.9 Å². The quantitative estimate of drug-likeness (QED) is 0.382. The van der Waals surface area contributed by atoms with Gasteiger partial charge in [-0.15, -0.1) is 0 Å². The standard InChI is InChI=1S/C12H18N4O3/c1-9(8-13)12(17)15-7-6-14-10-2-4-11(5-3-10)16(18)19/h2-5,9,14H,6-8,13H2,1H3,(H,15,17). The highest BCUT2D eigenvalue weighted by Gasteiger charge is 2.09. The van der Waals surface area contributed by atoms with Crippen LogP contribution in [0.1, 0.15) is 6.92 Å². The van der Waals surface area contributed by atoms with E-state index in [-0.39, 0.29) is 17.5 Å². The Morgan fingerprint density at radius 2 is 2.00 bits per heavy atom. The molecule has 104 valence electrons. The smallest absolute Gasteiger partial charge is 0.269 e. The van der Waals surface area contributed by atoms with Gasteiger partial charge in [-0.05, 0) is 12.1 Å². The van der Waals surface area contributed by atoms with Crippen LogP contribution in [0.25, 0.3) is 0 Å². The molecule has 19 heavy (non-hydrogen) atoms. The zero-order valence-electron chi connectivity index (χ0n) is 10.8. The van der Waals surface area contributed by atoms with Crippen molar-refractivity contribution in [1.82, 2.24) is 5.32 Å². The van der Waals surface area contributed by atoms with E-state index in [0.29, 0.717) is 19.6 Å². The number of hydrogen-bond acceptors (Lipinski definition) is 5. The largest absolute Gasteiger partial charge is 0.383 e. The summed E-state index contributed by atoms with van der Waals surface area (Å²) in [7, 11) is 0. The van der Waals surface area contributed by atoms with Gasteiger partial charge in [-0.1, -0.05) is 6.92 Å². The molecule has 0 bridgehead atoms. The van der Waals surface area contributed by atoms with Gasteiger partial charge in [0.1, 0.15) is 0 Å². The summed E-state index contributed by atoms with van der Waals surface area (Å²) in [5, 5.41) is 16.3. The zero-order chi connectivity index (χ0) is 14.3. The van der Waals surface area contributed by atoms with Crippen LogP contribution in [0.3, 0.4) is 0 Å². The molecule has 0 aromatic heterocycles. The molecule has 0 saturated heterocycles. The Morgan fingerprint density at radius 3 is 2.53 bits per heavy atom. The minimum Gasteiger partial charge on any atom is -0.383 e. The summed E-state index contributed by atoms with van der Waals surface area (Å²) in [6, 6.07) is 6.11. The van der Waals surface area contributed by atoms with Crippen LogP contribution in [-0.2, 0) is 4.79 Å². The van der Waals surface area contributed by atoms with Gasteiger partial charge in [-0.2, -0.15) is 0 Å². The number of carbonyl (C=O) groups excluding carboxylic acids is 1. The van der Waals surface area contributed by atoms with E-state index in [1.807, 2.05) is 0 Å². The molecule has 1 atom stereocenters. The van der Waals surface area contributed by atoms with Crippen LogP contribution >= 0.6 is 0 Å². The van der Waals surface area contributed by atoms with E-state index in [4.69, 9.17) is 5.73 Å². The van der Waals surface area contributed by atoms with Crippen molar-refractivity contribution in [1.29, 1.82) is 0 Å². The second-order valence-corrected chi connectivity index (χ2v) is 4.16. The van der Waals surface area contributed by atoms with Gasteiger partial charge in [0.15, 0.2) is 0 Å². The van der Waals surface area contributed by atoms with Crippen molar-refractivity contribution in [2.45, 2.75) is 6.92 Å². The summed E-state index contributed by atoms with van der Waals surface area (Å²) in [4.78, 5) is 21.4. The molecule has 1 aromatic carbocycles. The van der Waals surface area contributed by atoms with Gasteiger partial charge >= 0.3 is 0 Å². The Bertz CT molecular complexity index is 433. The first-order chi connectivity index (χ1) is 9.04. The number of amides is 1. The summed E-state index contributed by atoms with van der Waals surface area (Å²) in [6.45, 7) is 3.10. The van der Waals surface area contributed by atoms with Gasteiger partial charge in [0, 0.05) is 43.4 Å². The summed E-state index contributed by atoms with van der Waals surface area (Å²) < 4.78 is 0. The highest BCUT2D eigenvalue weighted by atomic mass is 16.6. The molecular formula is C12H18N4O3. The SMILES string of the molecule is CC(CN)C(=O)NCCNc1ccc([N+](=O)[O-])cc1. The van der Waals surface area contributed by atoms with Crippen LogP contribution in [0.15, 0.2) is 24.3 Å². The van der Waals surface area contributed by atoms with Crippen LogP contribution < -0.4 is 16.4 Å². The summed E-state index contributed by atoms with van der Waals surface area (Å²) in [5.41, 5.74) is 6.20. The zero-order valence-corrected chi connectivity index (χ0v) is 10.8. The van der Waals surface area contributed by atoms with Crippen molar-refractivity contribution in [3.05, 3.63) is 34.4 Å². The van der Waals surface area contributed by atoms with E-state index < -0.39 is 4.92 Å². The first-order valence-corrected chi connectivity index (χ1v) is 6.00. The van der Waals surface area contributed by atoms with Gasteiger partial charge in [0.05, 0.1) is 4.92 Å². The van der Waals surface area contributed by atoms with Crippen LogP contribution in [0.5, 0.6) is 0 Å². The van der Waals surface area contributed by atoms with Gasteiger partial charge in [0.25, 0.3) is 5.69 Å². The fraction of sp³-hybridized carbons (Fsp3) is 0.417. The number of hydrogen-bond donors (Lipinski definition) is 3. The molecule has 1 amide bonds. The van der Waals surface area contributed by atoms with Crippen molar-refractivity contribution < 1.29 is 9.72 Å². The molecule has 0 saturated carbocycles. The summed E-state index contributed by atoms with van der Waals surface area (Å²) >= 11 is 0. The highest BCUT2D eigenvalue weighted by molar-refractivity contribution is 5.78. The first kappa shape index (κ1) is 14.9. The molecule has 1 unspecified atom stereocenters. The molecule has 0 radical (unpaired) electrons. The van der Waals surface area contributed by atoms with Crippen molar-refractivity contribution >= 4 is 17.3 Å². The molecular weight excluding hydrogens is 248 g/mol. The molecule has 0 fully saturated rings. The maximum absolute atomic E-state index is 11.4. The molecule has 0 aliphatic carbocycles. The molecule has 7 nitrogen and oxygen atoms in total. The van der Waals surface area contributed by atoms with Gasteiger partial charge in [-0.25, -0.2) is 0 Å². The second-order valence-electron chi connectivity index (χ2n) is 4.16. The molecule has 1 aromatic rings. The van der Waals surface area contributed by atoms with E-state index >= 15 is 0 Å². The Hall–Kier alpha value is -2.15. The third-order valence-electron chi connectivity index (χ3n) is 2.63. The van der Waals surface area contributed by atoms with E-state index in [1.54, 1.807) is 19.1 Å². The average Bonchev–Trinajstić information content (AvgIpc) is 2.42. The maximum Gasteiger partial charge on any atom is 0.269 e. The van der Waals surface area contributed by atoms with Gasteiger partial charge < -0.3 is 16.4 Å². The number of nitro benzene ring substituents is 1. The second kappa shape index (κ2) is 7.32. The number of carbonyl (C=O) groups is 1. The van der Waals surface area contributed by atoms with Crippen LogP contribution in [0.4, 0.5) is 11.4 Å². The number of anilines is 1. The summed E-state index contributed by atoms with van der Waals surface area (Å²) in [6.07, 6.45) is 0. The number of nitrogens with zero attached hydrogens (tertiary/aromatic N) is 1. The van der Waals surface area contributed by atoms with Gasteiger partial charge in [0.2, 0.25) is 5.91 Å². The number of benzene rings is 1. The monoisotopic (exact) mass is 266 g/mol. The Morgan fingerprint density at radius 1 is 1.37 bits per heavy atom. The van der Waals surface area contributed by atoms with E-state index in [1.165, 1.54) is 12.1 Å². The number of nitrogens with one attached hydrogen (secondary N) is 2. The normalized spacial score (nSPS) is 11.7. The molecule has 1 rings (SSSR count). The Balaban J connectivity index is 2.30. The number of nitrogens with two attached hydrogens (primary N) is 1. The van der Waals surface area contributed by atoms with Crippen LogP contribution in [0.2, 0.25) is 0 Å². The van der Waals surface area contributed by atoms with Crippen LogP contribution in [0, 0.1) is 16.0 Å².